The van der Waals surface area contributed by atoms with Gasteiger partial charge in [0.15, 0.2) is 12.4 Å². The monoisotopic (exact) mass is 390 g/mol. The van der Waals surface area contributed by atoms with Crippen LogP contribution in [0.5, 0.6) is 5.75 Å². The van der Waals surface area contributed by atoms with Crippen LogP contribution in [0.15, 0.2) is 72.8 Å². The molecule has 0 saturated carbocycles. The highest BCUT2D eigenvalue weighted by Crippen LogP contribution is 2.28. The lowest BCUT2D eigenvalue weighted by atomic mass is 10.0. The minimum atomic E-state index is -0.931. The number of nitro benzene ring substituents is 1. The highest BCUT2D eigenvalue weighted by atomic mass is 16.6. The number of amides is 1. The summed E-state index contributed by atoms with van der Waals surface area (Å²) in [6, 6.07) is 20.6. The molecule has 146 valence electrons. The van der Waals surface area contributed by atoms with Crippen molar-refractivity contribution in [3.8, 4) is 16.9 Å². The summed E-state index contributed by atoms with van der Waals surface area (Å²) in [6.07, 6.45) is -0.475. The molecule has 0 radical (unpaired) electrons. The first kappa shape index (κ1) is 19.8. The van der Waals surface area contributed by atoms with Gasteiger partial charge in [0.25, 0.3) is 11.6 Å². The molecule has 1 N–H and O–H groups in total. The van der Waals surface area contributed by atoms with Gasteiger partial charge < -0.3 is 10.1 Å². The zero-order chi connectivity index (χ0) is 20.8. The van der Waals surface area contributed by atoms with Gasteiger partial charge in [0.2, 0.25) is 0 Å². The third-order valence-corrected chi connectivity index (χ3v) is 4.27. The Balaban J connectivity index is 1.77. The van der Waals surface area contributed by atoms with Gasteiger partial charge in [-0.1, -0.05) is 48.5 Å². The van der Waals surface area contributed by atoms with Crippen LogP contribution >= 0.6 is 0 Å². The van der Waals surface area contributed by atoms with Crippen molar-refractivity contribution in [2.45, 2.75) is 13.0 Å². The predicted molar refractivity (Wildman–Crippen MR) is 109 cm³/mol. The average molecular weight is 390 g/mol. The number of para-hydroxylation sites is 1. The number of nitrogens with one attached hydrogen (secondary N) is 1. The van der Waals surface area contributed by atoms with Gasteiger partial charge in [-0.2, -0.15) is 0 Å². The lowest BCUT2D eigenvalue weighted by Crippen LogP contribution is -2.30. The number of hydrogen-bond acceptors (Lipinski definition) is 5. The van der Waals surface area contributed by atoms with Crippen molar-refractivity contribution in [3.05, 3.63) is 88.5 Å². The Labute approximate surface area is 167 Å². The van der Waals surface area contributed by atoms with E-state index < -0.39 is 16.9 Å². The largest absolute Gasteiger partial charge is 0.480 e. The number of non-ortho nitro benzene ring substituents is 1. The van der Waals surface area contributed by atoms with Crippen LogP contribution in [0.2, 0.25) is 0 Å². The second-order valence-electron chi connectivity index (χ2n) is 6.26. The fourth-order valence-electron chi connectivity index (χ4n) is 2.79. The molecule has 0 spiro atoms. The summed E-state index contributed by atoms with van der Waals surface area (Å²) in [4.78, 5) is 34.1. The van der Waals surface area contributed by atoms with Gasteiger partial charge in [-0.3, -0.25) is 19.7 Å². The topological polar surface area (TPSA) is 98.5 Å². The number of carbonyl (C=O) groups excluding carboxylic acids is 2. The van der Waals surface area contributed by atoms with Gasteiger partial charge in [0.05, 0.1) is 10.5 Å². The van der Waals surface area contributed by atoms with E-state index in [1.807, 2.05) is 48.5 Å². The van der Waals surface area contributed by atoms with Gasteiger partial charge in [-0.05, 0) is 24.6 Å². The first-order valence-corrected chi connectivity index (χ1v) is 8.85. The van der Waals surface area contributed by atoms with E-state index in [2.05, 4.69) is 5.32 Å². The summed E-state index contributed by atoms with van der Waals surface area (Å²) in [7, 11) is 0. The van der Waals surface area contributed by atoms with Crippen molar-refractivity contribution >= 4 is 23.6 Å². The van der Waals surface area contributed by atoms with E-state index in [1.54, 1.807) is 6.07 Å². The average Bonchev–Trinajstić information content (AvgIpc) is 2.74. The van der Waals surface area contributed by atoms with Crippen LogP contribution in [0, 0.1) is 10.1 Å². The molecule has 29 heavy (non-hydrogen) atoms. The van der Waals surface area contributed by atoms with E-state index in [1.165, 1.54) is 19.1 Å². The third kappa shape index (κ3) is 4.65. The lowest BCUT2D eigenvalue weighted by molar-refractivity contribution is -0.384. The number of benzene rings is 3. The van der Waals surface area contributed by atoms with E-state index in [-0.39, 0.29) is 17.0 Å². The number of anilines is 1. The van der Waals surface area contributed by atoms with Gasteiger partial charge >= 0.3 is 0 Å². The number of nitrogens with zero attached hydrogens (tertiary/aromatic N) is 1. The standard InChI is InChI=1S/C22H18N2O5/c1-15(29-21-12-11-18(24(27)28)13-17(21)14-25)22(26)23-20-10-6-5-9-19(20)16-7-3-2-4-8-16/h2-15H,1H3,(H,23,26)/t15-/m1/s1. The maximum atomic E-state index is 12.6. The summed E-state index contributed by atoms with van der Waals surface area (Å²) in [5, 5.41) is 13.7. The fraction of sp³-hybridized carbons (Fsp3) is 0.0909. The molecule has 0 unspecified atom stereocenters. The SMILES string of the molecule is C[C@@H](Oc1ccc([N+](=O)[O-])cc1C=O)C(=O)Nc1ccccc1-c1ccccc1. The Bertz CT molecular complexity index is 1050. The second kappa shape index (κ2) is 8.79. The van der Waals surface area contributed by atoms with E-state index in [9.17, 15) is 19.7 Å². The number of rotatable bonds is 7. The third-order valence-electron chi connectivity index (χ3n) is 4.27. The molecule has 3 aromatic rings. The number of carbonyl (C=O) groups is 2. The maximum absolute atomic E-state index is 12.6. The summed E-state index contributed by atoms with van der Waals surface area (Å²) < 4.78 is 5.58. The minimum Gasteiger partial charge on any atom is -0.480 e. The Hall–Kier alpha value is -4.00. The van der Waals surface area contributed by atoms with Crippen LogP contribution in [0.3, 0.4) is 0 Å². The molecule has 0 aliphatic carbocycles. The van der Waals surface area contributed by atoms with E-state index in [0.717, 1.165) is 17.2 Å². The summed E-state index contributed by atoms with van der Waals surface area (Å²) in [6.45, 7) is 1.54. The molecule has 7 heteroatoms. The Morgan fingerprint density at radius 2 is 1.76 bits per heavy atom. The summed E-state index contributed by atoms with van der Waals surface area (Å²) in [5.41, 5.74) is 2.21. The summed E-state index contributed by atoms with van der Waals surface area (Å²) >= 11 is 0. The molecule has 1 amide bonds. The Morgan fingerprint density at radius 3 is 2.45 bits per heavy atom. The second-order valence-corrected chi connectivity index (χ2v) is 6.26. The van der Waals surface area contributed by atoms with Crippen LogP contribution in [0.4, 0.5) is 11.4 Å². The zero-order valence-electron chi connectivity index (χ0n) is 15.6. The first-order chi connectivity index (χ1) is 14.0. The van der Waals surface area contributed by atoms with Gasteiger partial charge in [0.1, 0.15) is 5.75 Å². The number of ether oxygens (including phenoxy) is 1. The van der Waals surface area contributed by atoms with Crippen molar-refractivity contribution in [1.29, 1.82) is 0 Å². The van der Waals surface area contributed by atoms with Crippen LogP contribution in [0.1, 0.15) is 17.3 Å². The predicted octanol–water partition coefficient (Wildman–Crippen LogP) is 4.48. The molecule has 7 nitrogen and oxygen atoms in total. The summed E-state index contributed by atoms with van der Waals surface area (Å²) in [5.74, 6) is -0.312. The van der Waals surface area contributed by atoms with Gasteiger partial charge in [0, 0.05) is 23.4 Å². The zero-order valence-corrected chi connectivity index (χ0v) is 15.6. The van der Waals surface area contributed by atoms with Crippen molar-refractivity contribution < 1.29 is 19.2 Å². The smallest absolute Gasteiger partial charge is 0.270 e. The van der Waals surface area contributed by atoms with Crippen molar-refractivity contribution in [3.63, 3.8) is 0 Å². The molecule has 3 aromatic carbocycles. The lowest BCUT2D eigenvalue weighted by Gasteiger charge is -2.17. The highest BCUT2D eigenvalue weighted by Gasteiger charge is 2.19. The molecule has 1 atom stereocenters. The van der Waals surface area contributed by atoms with Gasteiger partial charge in [-0.25, -0.2) is 0 Å². The first-order valence-electron chi connectivity index (χ1n) is 8.85. The Morgan fingerprint density at radius 1 is 1.07 bits per heavy atom. The number of nitro groups is 1. The van der Waals surface area contributed by atoms with E-state index >= 15 is 0 Å². The number of aldehydes is 1. The van der Waals surface area contributed by atoms with Crippen LogP contribution in [0.25, 0.3) is 11.1 Å². The molecule has 0 saturated heterocycles. The minimum absolute atomic E-state index is 0.00327. The Kier molecular flexibility index (Phi) is 5.99. The van der Waals surface area contributed by atoms with Crippen LogP contribution < -0.4 is 10.1 Å². The fourth-order valence-corrected chi connectivity index (χ4v) is 2.79. The van der Waals surface area contributed by atoms with Gasteiger partial charge in [-0.15, -0.1) is 0 Å². The molecule has 0 heterocycles. The molecule has 0 aliphatic rings. The van der Waals surface area contributed by atoms with E-state index in [4.69, 9.17) is 4.74 Å². The van der Waals surface area contributed by atoms with Crippen molar-refractivity contribution in [2.24, 2.45) is 0 Å². The molecule has 3 rings (SSSR count). The molecule has 0 bridgehead atoms. The maximum Gasteiger partial charge on any atom is 0.270 e. The molecule has 0 aliphatic heterocycles. The number of hydrogen-bond donors (Lipinski definition) is 1. The molecular formula is C22H18N2O5. The molecule has 0 aromatic heterocycles. The van der Waals surface area contributed by atoms with Crippen LogP contribution in [-0.2, 0) is 4.79 Å². The highest BCUT2D eigenvalue weighted by molar-refractivity contribution is 5.98. The van der Waals surface area contributed by atoms with Crippen molar-refractivity contribution in [2.75, 3.05) is 5.32 Å². The quantitative estimate of drug-likeness (QED) is 0.364. The molecule has 0 fully saturated rings. The normalized spacial score (nSPS) is 11.3. The van der Waals surface area contributed by atoms with Crippen LogP contribution in [-0.4, -0.2) is 23.2 Å². The van der Waals surface area contributed by atoms with E-state index in [0.29, 0.717) is 12.0 Å². The molecular weight excluding hydrogens is 372 g/mol. The van der Waals surface area contributed by atoms with Crippen molar-refractivity contribution in [1.82, 2.24) is 0 Å².